The Balaban J connectivity index is 2.24. The van der Waals surface area contributed by atoms with E-state index < -0.39 is 0 Å². The van der Waals surface area contributed by atoms with Gasteiger partial charge >= 0.3 is 0 Å². The van der Waals surface area contributed by atoms with Crippen molar-refractivity contribution >= 4 is 17.4 Å². The van der Waals surface area contributed by atoms with Crippen molar-refractivity contribution < 1.29 is 9.18 Å². The van der Waals surface area contributed by atoms with Crippen LogP contribution in [0.3, 0.4) is 0 Å². The first-order chi connectivity index (χ1) is 12.2. The van der Waals surface area contributed by atoms with Gasteiger partial charge in [0.2, 0.25) is 0 Å². The molecule has 0 bridgehead atoms. The molecule has 2 heteroatoms. The number of allylic oxidation sites excluding steroid dienone is 1. The van der Waals surface area contributed by atoms with Crippen molar-refractivity contribution in [2.45, 2.75) is 13.3 Å². The molecule has 0 saturated heterocycles. The van der Waals surface area contributed by atoms with Gasteiger partial charge < -0.3 is 0 Å². The van der Waals surface area contributed by atoms with Crippen LogP contribution in [-0.4, -0.2) is 6.29 Å². The second-order valence-electron chi connectivity index (χ2n) is 5.82. The number of carbonyl (C=O) groups is 1. The van der Waals surface area contributed by atoms with Gasteiger partial charge in [0.15, 0.2) is 0 Å². The Morgan fingerprint density at radius 2 is 1.36 bits per heavy atom. The zero-order valence-corrected chi connectivity index (χ0v) is 14.1. The molecule has 0 aliphatic carbocycles. The van der Waals surface area contributed by atoms with Gasteiger partial charge in [-0.1, -0.05) is 73.7 Å². The van der Waals surface area contributed by atoms with Crippen LogP contribution in [0.5, 0.6) is 0 Å². The minimum absolute atomic E-state index is 0.253. The van der Waals surface area contributed by atoms with Crippen LogP contribution in [0.4, 0.5) is 4.39 Å². The third-order valence-corrected chi connectivity index (χ3v) is 4.25. The molecule has 1 nitrogen and oxygen atoms in total. The van der Waals surface area contributed by atoms with Crippen LogP contribution < -0.4 is 0 Å². The molecule has 0 unspecified atom stereocenters. The molecule has 0 aliphatic rings. The minimum atomic E-state index is -0.253. The summed E-state index contributed by atoms with van der Waals surface area (Å²) in [6, 6.07) is 24.3. The minimum Gasteiger partial charge on any atom is -0.298 e. The lowest BCUT2D eigenvalue weighted by molar-refractivity contribution is 0.112. The zero-order valence-electron chi connectivity index (χ0n) is 14.1. The van der Waals surface area contributed by atoms with E-state index >= 15 is 0 Å². The van der Waals surface area contributed by atoms with Gasteiger partial charge in [-0.3, -0.25) is 4.79 Å². The Morgan fingerprint density at radius 1 is 0.800 bits per heavy atom. The Morgan fingerprint density at radius 3 is 1.88 bits per heavy atom. The quantitative estimate of drug-likeness (QED) is 0.414. The van der Waals surface area contributed by atoms with E-state index in [2.05, 4.69) is 19.1 Å². The number of carbonyl (C=O) groups excluding carboxylic acids is 1. The van der Waals surface area contributed by atoms with E-state index in [9.17, 15) is 9.18 Å². The van der Waals surface area contributed by atoms with Crippen LogP contribution in [0.15, 0.2) is 78.9 Å². The van der Waals surface area contributed by atoms with Gasteiger partial charge in [-0.05, 0) is 46.4 Å². The summed E-state index contributed by atoms with van der Waals surface area (Å²) >= 11 is 0. The third kappa shape index (κ3) is 3.74. The van der Waals surface area contributed by atoms with E-state index in [-0.39, 0.29) is 5.82 Å². The summed E-state index contributed by atoms with van der Waals surface area (Å²) in [6.45, 7) is 2.12. The summed E-state index contributed by atoms with van der Waals surface area (Å²) < 4.78 is 13.4. The molecule has 0 radical (unpaired) electrons. The SMILES string of the molecule is CC/C(=C(/c1ccc(F)cc1)c1ccc(C=O)cc1)c1ccccc1. The molecular formula is C23H19FO. The normalized spacial score (nSPS) is 11.8. The first-order valence-electron chi connectivity index (χ1n) is 8.33. The highest BCUT2D eigenvalue weighted by Gasteiger charge is 2.13. The number of benzene rings is 3. The van der Waals surface area contributed by atoms with Crippen molar-refractivity contribution in [3.8, 4) is 0 Å². The lowest BCUT2D eigenvalue weighted by Gasteiger charge is -2.16. The van der Waals surface area contributed by atoms with Crippen molar-refractivity contribution in [1.29, 1.82) is 0 Å². The Hall–Kier alpha value is -3.00. The highest BCUT2D eigenvalue weighted by molar-refractivity contribution is 5.98. The molecule has 3 aromatic rings. The average Bonchev–Trinajstić information content (AvgIpc) is 2.68. The predicted octanol–water partition coefficient (Wildman–Crippen LogP) is 6.01. The largest absolute Gasteiger partial charge is 0.298 e. The van der Waals surface area contributed by atoms with Crippen LogP contribution in [0.2, 0.25) is 0 Å². The standard InChI is InChI=1S/C23H19FO/c1-2-22(18-6-4-3-5-7-18)23(20-12-14-21(24)15-13-20)19-10-8-17(16-25)9-11-19/h3-16H,2H2,1H3/b23-22-. The summed E-state index contributed by atoms with van der Waals surface area (Å²) in [5.41, 5.74) is 6.00. The van der Waals surface area contributed by atoms with Gasteiger partial charge in [0, 0.05) is 5.56 Å². The van der Waals surface area contributed by atoms with E-state index in [1.807, 2.05) is 42.5 Å². The number of hydrogen-bond donors (Lipinski definition) is 0. The van der Waals surface area contributed by atoms with Crippen LogP contribution in [0.25, 0.3) is 11.1 Å². The summed E-state index contributed by atoms with van der Waals surface area (Å²) in [5, 5.41) is 0. The Labute approximate surface area is 147 Å². The molecule has 0 saturated carbocycles. The Kier molecular flexibility index (Phi) is 5.20. The van der Waals surface area contributed by atoms with E-state index in [4.69, 9.17) is 0 Å². The van der Waals surface area contributed by atoms with Crippen LogP contribution in [-0.2, 0) is 0 Å². The monoisotopic (exact) mass is 330 g/mol. The second kappa shape index (κ2) is 7.71. The topological polar surface area (TPSA) is 17.1 Å². The van der Waals surface area contributed by atoms with E-state index in [1.165, 1.54) is 17.7 Å². The number of halogens is 1. The van der Waals surface area contributed by atoms with Gasteiger partial charge in [-0.2, -0.15) is 0 Å². The van der Waals surface area contributed by atoms with Gasteiger partial charge in [0.25, 0.3) is 0 Å². The van der Waals surface area contributed by atoms with Crippen molar-refractivity contribution in [1.82, 2.24) is 0 Å². The average molecular weight is 330 g/mol. The lowest BCUT2D eigenvalue weighted by Crippen LogP contribution is -1.95. The summed E-state index contributed by atoms with van der Waals surface area (Å²) in [5.74, 6) is -0.253. The number of aldehydes is 1. The van der Waals surface area contributed by atoms with Crippen LogP contribution in [0, 0.1) is 5.82 Å². The predicted molar refractivity (Wildman–Crippen MR) is 101 cm³/mol. The fourth-order valence-electron chi connectivity index (χ4n) is 3.02. The molecule has 0 atom stereocenters. The maximum absolute atomic E-state index is 13.4. The second-order valence-corrected chi connectivity index (χ2v) is 5.82. The van der Waals surface area contributed by atoms with E-state index in [0.29, 0.717) is 5.56 Å². The molecular weight excluding hydrogens is 311 g/mol. The molecule has 0 N–H and O–H groups in total. The van der Waals surface area contributed by atoms with Gasteiger partial charge in [0.05, 0.1) is 0 Å². The van der Waals surface area contributed by atoms with Crippen molar-refractivity contribution in [2.75, 3.05) is 0 Å². The molecule has 3 aromatic carbocycles. The molecule has 0 spiro atoms. The molecule has 0 aromatic heterocycles. The fraction of sp³-hybridized carbons (Fsp3) is 0.0870. The third-order valence-electron chi connectivity index (χ3n) is 4.25. The van der Waals surface area contributed by atoms with Gasteiger partial charge in [-0.15, -0.1) is 0 Å². The van der Waals surface area contributed by atoms with Crippen LogP contribution in [0.1, 0.15) is 40.4 Å². The van der Waals surface area contributed by atoms with Crippen molar-refractivity contribution in [3.05, 3.63) is 107 Å². The Bertz CT molecular complexity index is 876. The smallest absolute Gasteiger partial charge is 0.150 e. The van der Waals surface area contributed by atoms with Gasteiger partial charge in [-0.25, -0.2) is 4.39 Å². The van der Waals surface area contributed by atoms with E-state index in [1.54, 1.807) is 12.1 Å². The maximum Gasteiger partial charge on any atom is 0.150 e. The highest BCUT2D eigenvalue weighted by atomic mass is 19.1. The fourth-order valence-corrected chi connectivity index (χ4v) is 3.02. The highest BCUT2D eigenvalue weighted by Crippen LogP contribution is 2.34. The van der Waals surface area contributed by atoms with E-state index in [0.717, 1.165) is 35.0 Å². The molecule has 124 valence electrons. The number of hydrogen-bond acceptors (Lipinski definition) is 1. The maximum atomic E-state index is 13.4. The molecule has 0 heterocycles. The molecule has 25 heavy (non-hydrogen) atoms. The van der Waals surface area contributed by atoms with Crippen LogP contribution >= 0.6 is 0 Å². The van der Waals surface area contributed by atoms with Crippen molar-refractivity contribution in [2.24, 2.45) is 0 Å². The zero-order chi connectivity index (χ0) is 17.6. The number of rotatable bonds is 5. The molecule has 0 fully saturated rings. The summed E-state index contributed by atoms with van der Waals surface area (Å²) in [7, 11) is 0. The molecule has 3 rings (SSSR count). The summed E-state index contributed by atoms with van der Waals surface area (Å²) in [6.07, 6.45) is 1.68. The first-order valence-corrected chi connectivity index (χ1v) is 8.33. The lowest BCUT2D eigenvalue weighted by atomic mass is 9.88. The summed E-state index contributed by atoms with van der Waals surface area (Å²) in [4.78, 5) is 11.0. The van der Waals surface area contributed by atoms with Crippen molar-refractivity contribution in [3.63, 3.8) is 0 Å². The first kappa shape index (κ1) is 16.8. The van der Waals surface area contributed by atoms with Gasteiger partial charge in [0.1, 0.15) is 12.1 Å². The molecule has 0 amide bonds. The molecule has 0 aliphatic heterocycles.